The Balaban J connectivity index is 1.78. The number of aromatic nitrogens is 2. The highest BCUT2D eigenvalue weighted by Crippen LogP contribution is 2.21. The Bertz CT molecular complexity index is 650. The van der Waals surface area contributed by atoms with Crippen molar-refractivity contribution in [1.29, 1.82) is 0 Å². The monoisotopic (exact) mass is 282 g/mol. The lowest BCUT2D eigenvalue weighted by Crippen LogP contribution is -2.24. The molecule has 1 unspecified atom stereocenters. The van der Waals surface area contributed by atoms with Gasteiger partial charge in [0.25, 0.3) is 0 Å². The highest BCUT2D eigenvalue weighted by atomic mass is 16.1. The van der Waals surface area contributed by atoms with E-state index in [1.807, 2.05) is 37.3 Å². The summed E-state index contributed by atoms with van der Waals surface area (Å²) < 4.78 is 0. The smallest absolute Gasteiger partial charge is 0.228 e. The summed E-state index contributed by atoms with van der Waals surface area (Å²) >= 11 is 0. The van der Waals surface area contributed by atoms with E-state index in [2.05, 4.69) is 20.6 Å². The maximum absolute atomic E-state index is 12.1. The van der Waals surface area contributed by atoms with Crippen LogP contribution in [0.25, 0.3) is 11.3 Å². The van der Waals surface area contributed by atoms with Gasteiger partial charge in [0.2, 0.25) is 5.91 Å². The lowest BCUT2D eigenvalue weighted by Gasteiger charge is -2.11. The lowest BCUT2D eigenvalue weighted by atomic mass is 10.1. The van der Waals surface area contributed by atoms with Crippen molar-refractivity contribution in [2.75, 3.05) is 18.4 Å². The Labute approximate surface area is 123 Å². The largest absolute Gasteiger partial charge is 0.326 e. The third kappa shape index (κ3) is 3.25. The molecule has 2 N–H and O–H groups in total. The molecule has 0 aliphatic carbocycles. The van der Waals surface area contributed by atoms with E-state index >= 15 is 0 Å². The summed E-state index contributed by atoms with van der Waals surface area (Å²) in [7, 11) is 0. The number of carbonyl (C=O) groups excluding carboxylic acids is 1. The Hall–Kier alpha value is -2.27. The minimum atomic E-state index is 0.0648. The zero-order valence-electron chi connectivity index (χ0n) is 12.0. The zero-order valence-corrected chi connectivity index (χ0v) is 12.0. The average molecular weight is 282 g/mol. The first-order chi connectivity index (χ1) is 10.2. The van der Waals surface area contributed by atoms with Crippen molar-refractivity contribution >= 4 is 11.6 Å². The maximum Gasteiger partial charge on any atom is 0.228 e. The van der Waals surface area contributed by atoms with Crippen LogP contribution in [0.5, 0.6) is 0 Å². The van der Waals surface area contributed by atoms with Gasteiger partial charge in [-0.15, -0.1) is 0 Å². The quantitative estimate of drug-likeness (QED) is 0.903. The van der Waals surface area contributed by atoms with Crippen LogP contribution in [0.3, 0.4) is 0 Å². The molecule has 108 valence electrons. The van der Waals surface area contributed by atoms with Gasteiger partial charge in [-0.3, -0.25) is 4.79 Å². The summed E-state index contributed by atoms with van der Waals surface area (Å²) in [5.41, 5.74) is 2.64. The topological polar surface area (TPSA) is 66.9 Å². The number of carbonyl (C=O) groups is 1. The van der Waals surface area contributed by atoms with Gasteiger partial charge in [0.1, 0.15) is 5.82 Å². The van der Waals surface area contributed by atoms with E-state index in [0.717, 1.165) is 42.3 Å². The summed E-state index contributed by atoms with van der Waals surface area (Å²) in [6.45, 7) is 3.54. The van der Waals surface area contributed by atoms with Crippen LogP contribution < -0.4 is 10.6 Å². The number of rotatable bonds is 3. The Kier molecular flexibility index (Phi) is 3.92. The molecule has 0 saturated carbocycles. The van der Waals surface area contributed by atoms with Crippen molar-refractivity contribution in [3.63, 3.8) is 0 Å². The number of nitrogens with one attached hydrogen (secondary N) is 2. The van der Waals surface area contributed by atoms with Gasteiger partial charge >= 0.3 is 0 Å². The van der Waals surface area contributed by atoms with E-state index in [-0.39, 0.29) is 11.8 Å². The van der Waals surface area contributed by atoms with Gasteiger partial charge in [-0.2, -0.15) is 0 Å². The molecule has 0 radical (unpaired) electrons. The van der Waals surface area contributed by atoms with E-state index in [0.29, 0.717) is 0 Å². The fourth-order valence-corrected chi connectivity index (χ4v) is 2.50. The van der Waals surface area contributed by atoms with Crippen LogP contribution >= 0.6 is 0 Å². The first-order valence-corrected chi connectivity index (χ1v) is 7.14. The first-order valence-electron chi connectivity index (χ1n) is 7.14. The van der Waals surface area contributed by atoms with E-state index < -0.39 is 0 Å². The van der Waals surface area contributed by atoms with Gasteiger partial charge in [0.15, 0.2) is 0 Å². The van der Waals surface area contributed by atoms with E-state index in [1.165, 1.54) is 0 Å². The standard InChI is InChI=1S/C16H18N4O/c1-11-18-8-6-15(19-11)12-3-2-4-14(9-12)20-16(21)13-5-7-17-10-13/h2-4,6,8-9,13,17H,5,7,10H2,1H3,(H,20,21). The summed E-state index contributed by atoms with van der Waals surface area (Å²) in [5, 5.41) is 6.19. The van der Waals surface area contributed by atoms with Gasteiger partial charge in [-0.05, 0) is 38.1 Å². The fourth-order valence-electron chi connectivity index (χ4n) is 2.50. The van der Waals surface area contributed by atoms with Crippen molar-refractivity contribution in [3.05, 3.63) is 42.4 Å². The number of aryl methyl sites for hydroxylation is 1. The molecule has 1 aromatic carbocycles. The van der Waals surface area contributed by atoms with Crippen LogP contribution in [0.15, 0.2) is 36.5 Å². The van der Waals surface area contributed by atoms with Gasteiger partial charge < -0.3 is 10.6 Å². The van der Waals surface area contributed by atoms with Crippen LogP contribution in [-0.2, 0) is 4.79 Å². The Morgan fingerprint density at radius 2 is 2.29 bits per heavy atom. The molecule has 0 spiro atoms. The zero-order chi connectivity index (χ0) is 14.7. The molecule has 5 heteroatoms. The molecule has 2 aromatic rings. The second-order valence-corrected chi connectivity index (χ2v) is 5.25. The van der Waals surface area contributed by atoms with E-state index in [9.17, 15) is 4.79 Å². The molecule has 3 rings (SSSR count). The van der Waals surface area contributed by atoms with Crippen LogP contribution in [-0.4, -0.2) is 29.0 Å². The molecule has 1 fully saturated rings. The number of hydrogen-bond donors (Lipinski definition) is 2. The first kappa shape index (κ1) is 13.7. The highest BCUT2D eigenvalue weighted by Gasteiger charge is 2.22. The minimum absolute atomic E-state index is 0.0648. The molecule has 1 saturated heterocycles. The van der Waals surface area contributed by atoms with Gasteiger partial charge in [0.05, 0.1) is 11.6 Å². The summed E-state index contributed by atoms with van der Waals surface area (Å²) in [6, 6.07) is 9.62. The molecule has 2 heterocycles. The third-order valence-corrected chi connectivity index (χ3v) is 3.63. The average Bonchev–Trinajstić information content (AvgIpc) is 3.02. The highest BCUT2D eigenvalue weighted by molar-refractivity contribution is 5.93. The summed E-state index contributed by atoms with van der Waals surface area (Å²) in [4.78, 5) is 20.6. The normalized spacial score (nSPS) is 17.7. The van der Waals surface area contributed by atoms with Crippen LogP contribution in [0.1, 0.15) is 12.2 Å². The minimum Gasteiger partial charge on any atom is -0.326 e. The molecular weight excluding hydrogens is 264 g/mol. The summed E-state index contributed by atoms with van der Waals surface area (Å²) in [5.74, 6) is 0.880. The number of hydrogen-bond acceptors (Lipinski definition) is 4. The molecule has 1 atom stereocenters. The second-order valence-electron chi connectivity index (χ2n) is 5.25. The second kappa shape index (κ2) is 6.01. The van der Waals surface area contributed by atoms with Gasteiger partial charge in [0, 0.05) is 24.0 Å². The van der Waals surface area contributed by atoms with Crippen molar-refractivity contribution in [2.24, 2.45) is 5.92 Å². The van der Waals surface area contributed by atoms with Crippen molar-refractivity contribution in [2.45, 2.75) is 13.3 Å². The van der Waals surface area contributed by atoms with Gasteiger partial charge in [-0.25, -0.2) is 9.97 Å². The number of anilines is 1. The predicted molar refractivity (Wildman–Crippen MR) is 81.8 cm³/mol. The van der Waals surface area contributed by atoms with Gasteiger partial charge in [-0.1, -0.05) is 12.1 Å². The van der Waals surface area contributed by atoms with Crippen LogP contribution in [0.2, 0.25) is 0 Å². The molecule has 0 bridgehead atoms. The van der Waals surface area contributed by atoms with E-state index in [4.69, 9.17) is 0 Å². The molecule has 1 amide bonds. The van der Waals surface area contributed by atoms with Crippen molar-refractivity contribution in [1.82, 2.24) is 15.3 Å². The third-order valence-electron chi connectivity index (χ3n) is 3.63. The van der Waals surface area contributed by atoms with Crippen molar-refractivity contribution in [3.8, 4) is 11.3 Å². The van der Waals surface area contributed by atoms with E-state index in [1.54, 1.807) is 6.20 Å². The number of amides is 1. The number of nitrogens with zero attached hydrogens (tertiary/aromatic N) is 2. The van der Waals surface area contributed by atoms with Crippen LogP contribution in [0.4, 0.5) is 5.69 Å². The fraction of sp³-hybridized carbons (Fsp3) is 0.312. The molecule has 1 aliphatic heterocycles. The molecule has 1 aromatic heterocycles. The maximum atomic E-state index is 12.1. The Morgan fingerprint density at radius 3 is 3.05 bits per heavy atom. The molecule has 5 nitrogen and oxygen atoms in total. The SMILES string of the molecule is Cc1nccc(-c2cccc(NC(=O)C3CCNC3)c2)n1. The number of benzene rings is 1. The van der Waals surface area contributed by atoms with Crippen molar-refractivity contribution < 1.29 is 4.79 Å². The lowest BCUT2D eigenvalue weighted by molar-refractivity contribution is -0.119. The Morgan fingerprint density at radius 1 is 1.38 bits per heavy atom. The van der Waals surface area contributed by atoms with Crippen LogP contribution in [0, 0.1) is 12.8 Å². The molecular formula is C16H18N4O. The predicted octanol–water partition coefficient (Wildman–Crippen LogP) is 2.00. The summed E-state index contributed by atoms with van der Waals surface area (Å²) in [6.07, 6.45) is 2.64. The molecule has 21 heavy (non-hydrogen) atoms. The molecule has 1 aliphatic rings.